The first-order valence-electron chi connectivity index (χ1n) is 7.13. The molecule has 0 spiro atoms. The summed E-state index contributed by atoms with van der Waals surface area (Å²) in [4.78, 5) is 23.4. The molecule has 6 heteroatoms. The van der Waals surface area contributed by atoms with Gasteiger partial charge in [-0.05, 0) is 12.0 Å². The Morgan fingerprint density at radius 3 is 2.68 bits per heavy atom. The highest BCUT2D eigenvalue weighted by Crippen LogP contribution is 2.05. The van der Waals surface area contributed by atoms with Gasteiger partial charge in [-0.15, -0.1) is 5.98 Å². The SMILES string of the molecule is [B]/C=C/CNC(=O)COC(CC)C(=O)OCc1ccccc1. The second-order valence-electron chi connectivity index (χ2n) is 4.53. The van der Waals surface area contributed by atoms with Crippen molar-refractivity contribution in [3.05, 3.63) is 47.9 Å². The first kappa shape index (κ1) is 18.0. The highest BCUT2D eigenvalue weighted by Gasteiger charge is 2.19. The van der Waals surface area contributed by atoms with Crippen molar-refractivity contribution >= 4 is 19.7 Å². The van der Waals surface area contributed by atoms with Gasteiger partial charge in [-0.2, -0.15) is 0 Å². The first-order valence-corrected chi connectivity index (χ1v) is 7.13. The second kappa shape index (κ2) is 10.6. The molecular formula is C16H20BNO4. The molecule has 1 amide bonds. The number of carbonyl (C=O) groups is 2. The van der Waals surface area contributed by atoms with Crippen LogP contribution in [0.1, 0.15) is 18.9 Å². The lowest BCUT2D eigenvalue weighted by atomic mass is 10.1. The number of ether oxygens (including phenoxy) is 2. The molecule has 2 radical (unpaired) electrons. The molecule has 0 saturated carbocycles. The van der Waals surface area contributed by atoms with Gasteiger partial charge in [0.25, 0.3) is 0 Å². The van der Waals surface area contributed by atoms with Gasteiger partial charge in [-0.25, -0.2) is 4.79 Å². The van der Waals surface area contributed by atoms with E-state index in [-0.39, 0.29) is 19.1 Å². The third-order valence-electron chi connectivity index (χ3n) is 2.83. The van der Waals surface area contributed by atoms with E-state index in [1.165, 1.54) is 5.98 Å². The minimum atomic E-state index is -0.750. The van der Waals surface area contributed by atoms with Gasteiger partial charge in [0, 0.05) is 6.54 Å². The van der Waals surface area contributed by atoms with E-state index in [0.29, 0.717) is 13.0 Å². The molecule has 1 aromatic carbocycles. The van der Waals surface area contributed by atoms with E-state index >= 15 is 0 Å². The van der Waals surface area contributed by atoms with Crippen LogP contribution in [0, 0.1) is 0 Å². The molecule has 0 aliphatic rings. The van der Waals surface area contributed by atoms with Crippen LogP contribution in [0.4, 0.5) is 0 Å². The summed E-state index contributed by atoms with van der Waals surface area (Å²) in [5, 5.41) is 2.58. The Bertz CT molecular complexity index is 490. The van der Waals surface area contributed by atoms with Crippen LogP contribution in [-0.4, -0.2) is 39.0 Å². The van der Waals surface area contributed by atoms with Gasteiger partial charge in [0.15, 0.2) is 6.10 Å². The van der Waals surface area contributed by atoms with Crippen molar-refractivity contribution in [3.8, 4) is 0 Å². The molecule has 0 aliphatic heterocycles. The third-order valence-corrected chi connectivity index (χ3v) is 2.83. The van der Waals surface area contributed by atoms with Crippen molar-refractivity contribution < 1.29 is 19.1 Å². The predicted molar refractivity (Wildman–Crippen MR) is 84.2 cm³/mol. The molecule has 1 rings (SSSR count). The van der Waals surface area contributed by atoms with Crippen molar-refractivity contribution in [3.63, 3.8) is 0 Å². The van der Waals surface area contributed by atoms with Gasteiger partial charge >= 0.3 is 5.97 Å². The van der Waals surface area contributed by atoms with E-state index in [0.717, 1.165) is 5.56 Å². The normalized spacial score (nSPS) is 12.0. The summed E-state index contributed by atoms with van der Waals surface area (Å²) in [5.41, 5.74) is 0.900. The maximum absolute atomic E-state index is 11.9. The topological polar surface area (TPSA) is 64.6 Å². The number of amides is 1. The van der Waals surface area contributed by atoms with E-state index in [9.17, 15) is 9.59 Å². The van der Waals surface area contributed by atoms with E-state index in [4.69, 9.17) is 17.3 Å². The lowest BCUT2D eigenvalue weighted by Gasteiger charge is -2.15. The van der Waals surface area contributed by atoms with Gasteiger partial charge in [0.1, 0.15) is 21.1 Å². The quantitative estimate of drug-likeness (QED) is 0.552. The summed E-state index contributed by atoms with van der Waals surface area (Å²) in [6, 6.07) is 9.37. The van der Waals surface area contributed by atoms with Gasteiger partial charge in [0.05, 0.1) is 0 Å². The largest absolute Gasteiger partial charge is 0.459 e. The third kappa shape index (κ3) is 7.08. The average molecular weight is 301 g/mol. The molecular weight excluding hydrogens is 281 g/mol. The molecule has 0 fully saturated rings. The molecule has 116 valence electrons. The molecule has 5 nitrogen and oxygen atoms in total. The zero-order valence-corrected chi connectivity index (χ0v) is 12.7. The van der Waals surface area contributed by atoms with Crippen LogP contribution in [0.25, 0.3) is 0 Å². The van der Waals surface area contributed by atoms with Crippen LogP contribution >= 0.6 is 0 Å². The Morgan fingerprint density at radius 1 is 1.32 bits per heavy atom. The van der Waals surface area contributed by atoms with Crippen molar-refractivity contribution in [2.45, 2.75) is 26.1 Å². The summed E-state index contributed by atoms with van der Waals surface area (Å²) in [6.07, 6.45) is 1.28. The minimum absolute atomic E-state index is 0.188. The molecule has 1 atom stereocenters. The molecule has 1 unspecified atom stereocenters. The highest BCUT2D eigenvalue weighted by atomic mass is 16.6. The number of benzene rings is 1. The lowest BCUT2D eigenvalue weighted by Crippen LogP contribution is -2.33. The zero-order valence-electron chi connectivity index (χ0n) is 12.7. The summed E-state index contributed by atoms with van der Waals surface area (Å²) in [6.45, 7) is 2.11. The van der Waals surface area contributed by atoms with Crippen molar-refractivity contribution in [2.24, 2.45) is 0 Å². The summed E-state index contributed by atoms with van der Waals surface area (Å²) >= 11 is 0. The van der Waals surface area contributed by atoms with Crippen molar-refractivity contribution in [2.75, 3.05) is 13.2 Å². The maximum atomic E-state index is 11.9. The summed E-state index contributed by atoms with van der Waals surface area (Å²) in [5.74, 6) is 0.560. The molecule has 1 N–H and O–H groups in total. The Balaban J connectivity index is 2.33. The van der Waals surface area contributed by atoms with Crippen LogP contribution in [0.15, 0.2) is 42.4 Å². The number of carbonyl (C=O) groups excluding carboxylic acids is 2. The fourth-order valence-corrected chi connectivity index (χ4v) is 1.64. The Morgan fingerprint density at radius 2 is 2.05 bits per heavy atom. The molecule has 0 aromatic heterocycles. The van der Waals surface area contributed by atoms with Crippen LogP contribution in [0.2, 0.25) is 0 Å². The molecule has 0 aliphatic carbocycles. The van der Waals surface area contributed by atoms with E-state index in [1.54, 1.807) is 13.0 Å². The predicted octanol–water partition coefficient (Wildman–Crippen LogP) is 1.32. The van der Waals surface area contributed by atoms with E-state index in [1.807, 2.05) is 30.3 Å². The van der Waals surface area contributed by atoms with Crippen LogP contribution < -0.4 is 5.32 Å². The maximum Gasteiger partial charge on any atom is 0.335 e. The minimum Gasteiger partial charge on any atom is -0.459 e. The van der Waals surface area contributed by atoms with Gasteiger partial charge < -0.3 is 14.8 Å². The number of hydrogen-bond acceptors (Lipinski definition) is 4. The van der Waals surface area contributed by atoms with Crippen LogP contribution in [0.5, 0.6) is 0 Å². The number of rotatable bonds is 9. The lowest BCUT2D eigenvalue weighted by molar-refractivity contribution is -0.160. The fourth-order valence-electron chi connectivity index (χ4n) is 1.64. The van der Waals surface area contributed by atoms with E-state index in [2.05, 4.69) is 5.32 Å². The number of nitrogens with one attached hydrogen (secondary N) is 1. The fraction of sp³-hybridized carbons (Fsp3) is 0.375. The number of esters is 1. The van der Waals surface area contributed by atoms with Gasteiger partial charge in [-0.1, -0.05) is 43.3 Å². The first-order chi connectivity index (χ1) is 10.7. The Kier molecular flexibility index (Phi) is 8.68. The highest BCUT2D eigenvalue weighted by molar-refractivity contribution is 6.16. The zero-order chi connectivity index (χ0) is 16.2. The molecule has 0 bridgehead atoms. The molecule has 0 saturated heterocycles. The molecule has 22 heavy (non-hydrogen) atoms. The Labute approximate surface area is 132 Å². The smallest absolute Gasteiger partial charge is 0.335 e. The molecule has 1 aromatic rings. The standard InChI is InChI=1S/C16H20BNO4/c1-2-14(21-12-15(19)18-10-6-9-17)16(20)22-11-13-7-4-3-5-8-13/h3-9,14H,2,10-12H2,1H3,(H,18,19)/b9-6+. The molecule has 0 heterocycles. The summed E-state index contributed by atoms with van der Waals surface area (Å²) < 4.78 is 10.5. The van der Waals surface area contributed by atoms with E-state index < -0.39 is 12.1 Å². The van der Waals surface area contributed by atoms with Gasteiger partial charge in [0.2, 0.25) is 5.91 Å². The van der Waals surface area contributed by atoms with Crippen molar-refractivity contribution in [1.82, 2.24) is 5.32 Å². The summed E-state index contributed by atoms with van der Waals surface area (Å²) in [7, 11) is 5.16. The number of hydrogen-bond donors (Lipinski definition) is 1. The van der Waals surface area contributed by atoms with Crippen LogP contribution in [-0.2, 0) is 25.7 Å². The van der Waals surface area contributed by atoms with Gasteiger partial charge in [-0.3, -0.25) is 4.79 Å². The van der Waals surface area contributed by atoms with Crippen molar-refractivity contribution in [1.29, 1.82) is 0 Å². The van der Waals surface area contributed by atoms with Crippen LogP contribution in [0.3, 0.4) is 0 Å². The second-order valence-corrected chi connectivity index (χ2v) is 4.53. The Hall–Kier alpha value is -2.08. The monoisotopic (exact) mass is 301 g/mol. The average Bonchev–Trinajstić information content (AvgIpc) is 2.54.